The first kappa shape index (κ1) is 12.1. The average Bonchev–Trinajstić information content (AvgIpc) is 2.28. The zero-order valence-corrected chi connectivity index (χ0v) is 10.1. The van der Waals surface area contributed by atoms with E-state index in [4.69, 9.17) is 9.84 Å². The van der Waals surface area contributed by atoms with E-state index in [9.17, 15) is 4.79 Å². The van der Waals surface area contributed by atoms with Crippen LogP contribution < -0.4 is 0 Å². The number of carbonyl (C=O) groups is 1. The topological polar surface area (TPSA) is 46.5 Å². The summed E-state index contributed by atoms with van der Waals surface area (Å²) in [6.07, 6.45) is 3.39. The Bertz CT molecular complexity index is 408. The molecule has 1 aromatic carbocycles. The summed E-state index contributed by atoms with van der Waals surface area (Å²) in [5, 5.41) is 9.01. The molecule has 0 aromatic heterocycles. The number of benzene rings is 1. The van der Waals surface area contributed by atoms with Crippen LogP contribution in [0.15, 0.2) is 24.3 Å². The molecule has 1 aromatic rings. The van der Waals surface area contributed by atoms with Crippen LogP contribution in [-0.4, -0.2) is 24.3 Å². The van der Waals surface area contributed by atoms with Crippen molar-refractivity contribution in [3.63, 3.8) is 0 Å². The maximum atomic E-state index is 11.0. The quantitative estimate of drug-likeness (QED) is 0.852. The Labute approximate surface area is 101 Å². The standard InChI is InChI=1S/C14H18O3/c1-2-17-10-14(7-4-8-14)12-6-3-5-11(9-12)13(15)16/h3,5-6,9H,2,4,7-8,10H2,1H3,(H,15,16). The lowest BCUT2D eigenvalue weighted by Gasteiger charge is -2.42. The molecule has 1 N–H and O–H groups in total. The van der Waals surface area contributed by atoms with Crippen LogP contribution in [0.5, 0.6) is 0 Å². The molecule has 0 spiro atoms. The third-order valence-electron chi connectivity index (χ3n) is 3.62. The Balaban J connectivity index is 2.24. The molecule has 17 heavy (non-hydrogen) atoms. The molecule has 0 heterocycles. The highest BCUT2D eigenvalue weighted by molar-refractivity contribution is 5.87. The van der Waals surface area contributed by atoms with E-state index in [1.165, 1.54) is 6.42 Å². The lowest BCUT2D eigenvalue weighted by Crippen LogP contribution is -2.39. The minimum atomic E-state index is -0.863. The van der Waals surface area contributed by atoms with E-state index >= 15 is 0 Å². The second kappa shape index (κ2) is 4.88. The maximum Gasteiger partial charge on any atom is 0.335 e. The Morgan fingerprint density at radius 1 is 1.47 bits per heavy atom. The number of carboxylic acid groups (broad SMARTS) is 1. The number of ether oxygens (including phenoxy) is 1. The largest absolute Gasteiger partial charge is 0.478 e. The van der Waals surface area contributed by atoms with E-state index in [1.807, 2.05) is 19.1 Å². The SMILES string of the molecule is CCOCC1(c2cccc(C(=O)O)c2)CCC1. The summed E-state index contributed by atoms with van der Waals surface area (Å²) < 4.78 is 5.55. The molecular formula is C14H18O3. The van der Waals surface area contributed by atoms with Crippen LogP contribution in [0.4, 0.5) is 0 Å². The summed E-state index contributed by atoms with van der Waals surface area (Å²) >= 11 is 0. The fraction of sp³-hybridized carbons (Fsp3) is 0.500. The highest BCUT2D eigenvalue weighted by Gasteiger charge is 2.39. The highest BCUT2D eigenvalue weighted by atomic mass is 16.5. The normalized spacial score (nSPS) is 17.5. The van der Waals surface area contributed by atoms with Gasteiger partial charge in [-0.3, -0.25) is 0 Å². The van der Waals surface area contributed by atoms with Crippen LogP contribution in [0.3, 0.4) is 0 Å². The first-order chi connectivity index (χ1) is 8.18. The molecule has 1 aliphatic carbocycles. The van der Waals surface area contributed by atoms with Gasteiger partial charge in [-0.2, -0.15) is 0 Å². The Morgan fingerprint density at radius 3 is 2.76 bits per heavy atom. The molecule has 3 heteroatoms. The number of rotatable bonds is 5. The van der Waals surface area contributed by atoms with E-state index in [0.29, 0.717) is 18.8 Å². The maximum absolute atomic E-state index is 11.0. The zero-order chi connectivity index (χ0) is 12.3. The van der Waals surface area contributed by atoms with Crippen molar-refractivity contribution < 1.29 is 14.6 Å². The van der Waals surface area contributed by atoms with E-state index < -0.39 is 5.97 Å². The van der Waals surface area contributed by atoms with Gasteiger partial charge < -0.3 is 9.84 Å². The number of carboxylic acids is 1. The second-order valence-electron chi connectivity index (χ2n) is 4.66. The van der Waals surface area contributed by atoms with E-state index in [-0.39, 0.29) is 5.41 Å². The van der Waals surface area contributed by atoms with E-state index in [2.05, 4.69) is 0 Å². The van der Waals surface area contributed by atoms with Crippen LogP contribution in [0, 0.1) is 0 Å². The average molecular weight is 234 g/mol. The van der Waals surface area contributed by atoms with Crippen LogP contribution in [0.25, 0.3) is 0 Å². The molecular weight excluding hydrogens is 216 g/mol. The molecule has 0 bridgehead atoms. The first-order valence-electron chi connectivity index (χ1n) is 6.09. The monoisotopic (exact) mass is 234 g/mol. The predicted octanol–water partition coefficient (Wildman–Crippen LogP) is 2.84. The molecule has 0 atom stereocenters. The van der Waals surface area contributed by atoms with Crippen LogP contribution >= 0.6 is 0 Å². The molecule has 0 unspecified atom stereocenters. The van der Waals surface area contributed by atoms with Crippen molar-refractivity contribution in [2.75, 3.05) is 13.2 Å². The van der Waals surface area contributed by atoms with Crippen LogP contribution in [-0.2, 0) is 10.2 Å². The lowest BCUT2D eigenvalue weighted by atomic mass is 9.65. The molecule has 1 fully saturated rings. The van der Waals surface area contributed by atoms with Gasteiger partial charge in [-0.25, -0.2) is 4.79 Å². The molecule has 0 radical (unpaired) electrons. The van der Waals surface area contributed by atoms with Gasteiger partial charge in [-0.05, 0) is 37.5 Å². The molecule has 1 saturated carbocycles. The minimum Gasteiger partial charge on any atom is -0.478 e. The van der Waals surface area contributed by atoms with Gasteiger partial charge in [0, 0.05) is 12.0 Å². The Kier molecular flexibility index (Phi) is 3.48. The molecule has 2 rings (SSSR count). The first-order valence-corrected chi connectivity index (χ1v) is 6.09. The second-order valence-corrected chi connectivity index (χ2v) is 4.66. The van der Waals surface area contributed by atoms with Gasteiger partial charge in [0.15, 0.2) is 0 Å². The number of hydrogen-bond donors (Lipinski definition) is 1. The predicted molar refractivity (Wildman–Crippen MR) is 65.4 cm³/mol. The van der Waals surface area contributed by atoms with Crippen molar-refractivity contribution in [1.82, 2.24) is 0 Å². The van der Waals surface area contributed by atoms with E-state index in [1.54, 1.807) is 12.1 Å². The van der Waals surface area contributed by atoms with Crippen molar-refractivity contribution in [1.29, 1.82) is 0 Å². The van der Waals surface area contributed by atoms with Crippen molar-refractivity contribution in [3.8, 4) is 0 Å². The third kappa shape index (κ3) is 2.34. The summed E-state index contributed by atoms with van der Waals surface area (Å²) in [5.41, 5.74) is 1.53. The highest BCUT2D eigenvalue weighted by Crippen LogP contribution is 2.44. The Morgan fingerprint density at radius 2 is 2.24 bits per heavy atom. The van der Waals surface area contributed by atoms with Gasteiger partial charge in [0.05, 0.1) is 12.2 Å². The van der Waals surface area contributed by atoms with Crippen LogP contribution in [0.2, 0.25) is 0 Å². The van der Waals surface area contributed by atoms with Gasteiger partial charge in [0.25, 0.3) is 0 Å². The van der Waals surface area contributed by atoms with Crippen molar-refractivity contribution in [2.45, 2.75) is 31.6 Å². The summed E-state index contributed by atoms with van der Waals surface area (Å²) in [6.45, 7) is 3.40. The Hall–Kier alpha value is -1.35. The summed E-state index contributed by atoms with van der Waals surface area (Å²) in [7, 11) is 0. The van der Waals surface area contributed by atoms with Crippen molar-refractivity contribution in [3.05, 3.63) is 35.4 Å². The van der Waals surface area contributed by atoms with Gasteiger partial charge in [-0.1, -0.05) is 18.6 Å². The fourth-order valence-electron chi connectivity index (χ4n) is 2.40. The zero-order valence-electron chi connectivity index (χ0n) is 10.1. The molecule has 0 amide bonds. The fourth-order valence-corrected chi connectivity index (χ4v) is 2.40. The minimum absolute atomic E-state index is 0.0570. The molecule has 92 valence electrons. The lowest BCUT2D eigenvalue weighted by molar-refractivity contribution is 0.0519. The van der Waals surface area contributed by atoms with Crippen molar-refractivity contribution >= 4 is 5.97 Å². The van der Waals surface area contributed by atoms with Crippen LogP contribution in [0.1, 0.15) is 42.1 Å². The van der Waals surface area contributed by atoms with Gasteiger partial charge in [-0.15, -0.1) is 0 Å². The summed E-state index contributed by atoms with van der Waals surface area (Å²) in [4.78, 5) is 11.0. The molecule has 3 nitrogen and oxygen atoms in total. The van der Waals surface area contributed by atoms with E-state index in [0.717, 1.165) is 18.4 Å². The van der Waals surface area contributed by atoms with Crippen molar-refractivity contribution in [2.24, 2.45) is 0 Å². The number of aromatic carboxylic acids is 1. The summed E-state index contributed by atoms with van der Waals surface area (Å²) in [5.74, 6) is -0.863. The smallest absolute Gasteiger partial charge is 0.335 e. The number of hydrogen-bond acceptors (Lipinski definition) is 2. The van der Waals surface area contributed by atoms with Gasteiger partial charge in [0.1, 0.15) is 0 Å². The molecule has 0 saturated heterocycles. The summed E-state index contributed by atoms with van der Waals surface area (Å²) in [6, 6.07) is 7.27. The molecule has 0 aliphatic heterocycles. The third-order valence-corrected chi connectivity index (χ3v) is 3.62. The molecule has 1 aliphatic rings. The van der Waals surface area contributed by atoms with Gasteiger partial charge >= 0.3 is 5.97 Å². The van der Waals surface area contributed by atoms with Gasteiger partial charge in [0.2, 0.25) is 0 Å².